The summed E-state index contributed by atoms with van der Waals surface area (Å²) in [6.45, 7) is 13.8. The van der Waals surface area contributed by atoms with Crippen LogP contribution < -0.4 is 10.6 Å². The Balaban J connectivity index is 0.00000127. The van der Waals surface area contributed by atoms with Gasteiger partial charge < -0.3 is 10.6 Å². The van der Waals surface area contributed by atoms with Crippen LogP contribution in [0.4, 0.5) is 11.4 Å². The molecule has 0 fully saturated rings. The van der Waals surface area contributed by atoms with Gasteiger partial charge in [-0.1, -0.05) is 88.9 Å². The molecule has 0 atom stereocenters. The number of anilines is 2. The number of hydrogen-bond donors (Lipinski definition) is 2. The monoisotopic (exact) mass is 519 g/mol. The predicted molar refractivity (Wildman–Crippen MR) is 166 cm³/mol. The molecule has 0 aliphatic heterocycles. The molecule has 39 heavy (non-hydrogen) atoms. The van der Waals surface area contributed by atoms with Crippen LogP contribution >= 0.6 is 0 Å². The van der Waals surface area contributed by atoms with E-state index < -0.39 is 0 Å². The van der Waals surface area contributed by atoms with E-state index >= 15 is 0 Å². The first-order valence-corrected chi connectivity index (χ1v) is 13.2. The van der Waals surface area contributed by atoms with Crippen molar-refractivity contribution in [2.24, 2.45) is 0 Å². The van der Waals surface area contributed by atoms with Gasteiger partial charge in [0.15, 0.2) is 0 Å². The van der Waals surface area contributed by atoms with E-state index in [2.05, 4.69) is 22.2 Å². The van der Waals surface area contributed by atoms with Crippen LogP contribution in [0.15, 0.2) is 104 Å². The summed E-state index contributed by atoms with van der Waals surface area (Å²) in [6, 6.07) is 25.7. The average molecular weight is 520 g/mol. The van der Waals surface area contributed by atoms with Crippen molar-refractivity contribution in [1.82, 2.24) is 4.98 Å². The molecule has 1 aromatic heterocycles. The maximum absolute atomic E-state index is 12.7. The lowest BCUT2D eigenvalue weighted by Gasteiger charge is -2.09. The molecular formula is C34H37N3O2. The number of carbonyl (C=O) groups excluding carboxylic acids is 2. The van der Waals surface area contributed by atoms with Crippen molar-refractivity contribution in [2.75, 3.05) is 10.6 Å². The van der Waals surface area contributed by atoms with E-state index in [1.165, 1.54) is 0 Å². The van der Waals surface area contributed by atoms with Gasteiger partial charge in [0, 0.05) is 22.4 Å². The molecule has 0 aliphatic rings. The summed E-state index contributed by atoms with van der Waals surface area (Å²) in [4.78, 5) is 29.5. The number of carbonyl (C=O) groups is 2. The number of pyridine rings is 1. The molecule has 2 N–H and O–H groups in total. The number of nitrogens with one attached hydrogen (secondary N) is 2. The third-order valence-corrected chi connectivity index (χ3v) is 5.41. The van der Waals surface area contributed by atoms with Gasteiger partial charge in [-0.15, -0.1) is 0 Å². The van der Waals surface area contributed by atoms with E-state index in [1.807, 2.05) is 114 Å². The van der Waals surface area contributed by atoms with Gasteiger partial charge in [0.05, 0.1) is 17.6 Å². The van der Waals surface area contributed by atoms with E-state index in [1.54, 1.807) is 30.5 Å². The maximum atomic E-state index is 12.7. The molecule has 0 unspecified atom stereocenters. The van der Waals surface area contributed by atoms with Crippen molar-refractivity contribution in [1.29, 1.82) is 0 Å². The van der Waals surface area contributed by atoms with Crippen LogP contribution in [-0.4, -0.2) is 16.8 Å². The molecule has 0 aliphatic carbocycles. The van der Waals surface area contributed by atoms with Crippen molar-refractivity contribution in [3.05, 3.63) is 126 Å². The number of amides is 2. The van der Waals surface area contributed by atoms with Crippen molar-refractivity contribution < 1.29 is 9.59 Å². The highest BCUT2D eigenvalue weighted by molar-refractivity contribution is 6.05. The second-order valence-electron chi connectivity index (χ2n) is 7.83. The van der Waals surface area contributed by atoms with Crippen LogP contribution in [0.5, 0.6) is 0 Å². The largest absolute Gasteiger partial charge is 0.322 e. The first-order valence-electron chi connectivity index (χ1n) is 13.2. The minimum absolute atomic E-state index is 0.183. The van der Waals surface area contributed by atoms with Crippen molar-refractivity contribution in [2.45, 2.75) is 34.6 Å². The number of hydrogen-bond acceptors (Lipinski definition) is 3. The van der Waals surface area contributed by atoms with Crippen LogP contribution in [0, 0.1) is 0 Å². The number of rotatable bonds is 7. The van der Waals surface area contributed by atoms with Crippen LogP contribution in [0.3, 0.4) is 0 Å². The van der Waals surface area contributed by atoms with Crippen LogP contribution in [0.2, 0.25) is 0 Å². The predicted octanol–water partition coefficient (Wildman–Crippen LogP) is 8.98. The number of nitrogens with zero attached hydrogens (tertiary/aromatic N) is 1. The Morgan fingerprint density at radius 1 is 0.718 bits per heavy atom. The second-order valence-corrected chi connectivity index (χ2v) is 7.83. The topological polar surface area (TPSA) is 71.1 Å². The quantitative estimate of drug-likeness (QED) is 0.256. The Morgan fingerprint density at radius 3 is 1.92 bits per heavy atom. The molecule has 1 heterocycles. The number of allylic oxidation sites excluding steroid dienone is 1. The third kappa shape index (κ3) is 8.64. The molecule has 2 amide bonds. The molecule has 0 radical (unpaired) electrons. The van der Waals surface area contributed by atoms with Gasteiger partial charge >= 0.3 is 0 Å². The van der Waals surface area contributed by atoms with Gasteiger partial charge in [0.25, 0.3) is 11.8 Å². The van der Waals surface area contributed by atoms with E-state index in [-0.39, 0.29) is 11.8 Å². The lowest BCUT2D eigenvalue weighted by atomic mass is 10.0. The van der Waals surface area contributed by atoms with Gasteiger partial charge in [0.2, 0.25) is 0 Å². The molecule has 5 heteroatoms. The van der Waals surface area contributed by atoms with Gasteiger partial charge in [-0.2, -0.15) is 0 Å². The van der Waals surface area contributed by atoms with Gasteiger partial charge in [-0.3, -0.25) is 14.6 Å². The SMILES string of the molecule is C=Cc1ccc(C(=O)Nc2ccc(-c3ccc(NC(=O)c4ccccc4)cn3)cc2)cc1/C=C\C.CC.CC. The van der Waals surface area contributed by atoms with Gasteiger partial charge in [-0.25, -0.2) is 0 Å². The maximum Gasteiger partial charge on any atom is 0.255 e. The van der Waals surface area contributed by atoms with Crippen LogP contribution in [0.25, 0.3) is 23.4 Å². The lowest BCUT2D eigenvalue weighted by Crippen LogP contribution is -2.12. The van der Waals surface area contributed by atoms with Gasteiger partial charge in [-0.05, 0) is 66.6 Å². The molecular weight excluding hydrogens is 482 g/mol. The van der Waals surface area contributed by atoms with Crippen molar-refractivity contribution in [3.63, 3.8) is 0 Å². The first-order chi connectivity index (χ1) is 19.1. The summed E-state index contributed by atoms with van der Waals surface area (Å²) in [7, 11) is 0. The first kappa shape index (κ1) is 30.5. The third-order valence-electron chi connectivity index (χ3n) is 5.41. The van der Waals surface area contributed by atoms with Crippen molar-refractivity contribution in [3.8, 4) is 11.3 Å². The fraction of sp³-hybridized carbons (Fsp3) is 0.147. The molecule has 0 saturated carbocycles. The highest BCUT2D eigenvalue weighted by atomic mass is 16.2. The Morgan fingerprint density at radius 2 is 1.33 bits per heavy atom. The number of benzene rings is 3. The Kier molecular flexibility index (Phi) is 12.6. The Bertz CT molecular complexity index is 1370. The fourth-order valence-electron chi connectivity index (χ4n) is 3.58. The van der Waals surface area contributed by atoms with E-state index in [0.717, 1.165) is 22.4 Å². The molecule has 3 aromatic carbocycles. The molecule has 4 aromatic rings. The lowest BCUT2D eigenvalue weighted by molar-refractivity contribution is 0.101. The highest BCUT2D eigenvalue weighted by Crippen LogP contribution is 2.22. The summed E-state index contributed by atoms with van der Waals surface area (Å²) < 4.78 is 0. The summed E-state index contributed by atoms with van der Waals surface area (Å²) in [5.41, 5.74) is 6.04. The van der Waals surface area contributed by atoms with Crippen LogP contribution in [0.1, 0.15) is 66.5 Å². The number of aromatic nitrogens is 1. The zero-order valence-electron chi connectivity index (χ0n) is 23.4. The molecule has 0 saturated heterocycles. The molecule has 4 rings (SSSR count). The second kappa shape index (κ2) is 16.2. The fourth-order valence-corrected chi connectivity index (χ4v) is 3.58. The van der Waals surface area contributed by atoms with E-state index in [0.29, 0.717) is 22.5 Å². The normalized spacial score (nSPS) is 9.87. The van der Waals surface area contributed by atoms with E-state index in [9.17, 15) is 9.59 Å². The highest BCUT2D eigenvalue weighted by Gasteiger charge is 2.09. The summed E-state index contributed by atoms with van der Waals surface area (Å²) >= 11 is 0. The Hall–Kier alpha value is -4.77. The van der Waals surface area contributed by atoms with Gasteiger partial charge in [0.1, 0.15) is 0 Å². The summed E-state index contributed by atoms with van der Waals surface area (Å²) in [6.07, 6.45) is 7.28. The van der Waals surface area contributed by atoms with E-state index in [4.69, 9.17) is 0 Å². The molecule has 200 valence electrons. The zero-order valence-corrected chi connectivity index (χ0v) is 23.4. The van der Waals surface area contributed by atoms with Crippen LogP contribution in [-0.2, 0) is 0 Å². The minimum atomic E-state index is -0.184. The van der Waals surface area contributed by atoms with Crippen molar-refractivity contribution >= 4 is 35.3 Å². The molecule has 0 bridgehead atoms. The molecule has 5 nitrogen and oxygen atoms in total. The molecule has 0 spiro atoms. The smallest absolute Gasteiger partial charge is 0.255 e. The zero-order chi connectivity index (χ0) is 28.6. The summed E-state index contributed by atoms with van der Waals surface area (Å²) in [5, 5.41) is 5.78. The summed E-state index contributed by atoms with van der Waals surface area (Å²) in [5.74, 6) is -0.368. The standard InChI is InChI=1S/C30H25N3O2.2C2H6/c1-3-8-24-19-25(12-11-21(24)4-2)30(35)32-26-15-13-22(14-16-26)28-18-17-27(20-31-28)33-29(34)23-9-6-5-7-10-23;2*1-2/h3-20H,2H2,1H3,(H,32,35)(H,33,34);2*1-2H3/b8-3-;;. The Labute approximate surface area is 232 Å². The minimum Gasteiger partial charge on any atom is -0.322 e. The average Bonchev–Trinajstić information content (AvgIpc) is 3.00.